The zero-order chi connectivity index (χ0) is 23.9. The normalized spacial score (nSPS) is 14.5. The van der Waals surface area contributed by atoms with Crippen LogP contribution >= 0.6 is 24.0 Å². The van der Waals surface area contributed by atoms with Crippen molar-refractivity contribution in [3.05, 3.63) is 101 Å². The minimum Gasteiger partial charge on any atom is -0.483 e. The predicted octanol–water partition coefficient (Wildman–Crippen LogP) is 5.29. The van der Waals surface area contributed by atoms with Gasteiger partial charge in [-0.3, -0.25) is 14.5 Å². The number of thioether (sulfide) groups is 1. The Morgan fingerprint density at radius 3 is 2.50 bits per heavy atom. The lowest BCUT2D eigenvalue weighted by molar-refractivity contribution is -0.122. The van der Waals surface area contributed by atoms with Gasteiger partial charge >= 0.3 is 0 Å². The summed E-state index contributed by atoms with van der Waals surface area (Å²) >= 11 is 6.69. The summed E-state index contributed by atoms with van der Waals surface area (Å²) < 4.78 is 19.2. The summed E-state index contributed by atoms with van der Waals surface area (Å²) in [5.74, 6) is -0.441. The molecule has 1 aliphatic rings. The molecule has 5 nitrogen and oxygen atoms in total. The van der Waals surface area contributed by atoms with E-state index in [-0.39, 0.29) is 24.2 Å². The van der Waals surface area contributed by atoms with Gasteiger partial charge in [-0.2, -0.15) is 0 Å². The SMILES string of the molecule is O=C(COc1ccccc1/C=C1\SC(=S)N(CCc2ccccc2)C1=O)Nc1ccc(F)cc1. The summed E-state index contributed by atoms with van der Waals surface area (Å²) in [6.45, 7) is 0.272. The molecule has 4 rings (SSSR count). The third-order valence-electron chi connectivity index (χ3n) is 5.03. The van der Waals surface area contributed by atoms with E-state index in [4.69, 9.17) is 17.0 Å². The fourth-order valence-corrected chi connectivity index (χ4v) is 4.62. The molecule has 0 aromatic heterocycles. The minimum absolute atomic E-state index is 0.144. The molecule has 0 radical (unpaired) electrons. The number of nitrogens with zero attached hydrogens (tertiary/aromatic N) is 1. The summed E-state index contributed by atoms with van der Waals surface area (Å²) in [6.07, 6.45) is 2.44. The Morgan fingerprint density at radius 2 is 1.74 bits per heavy atom. The Balaban J connectivity index is 1.40. The van der Waals surface area contributed by atoms with Gasteiger partial charge < -0.3 is 10.1 Å². The van der Waals surface area contributed by atoms with E-state index in [2.05, 4.69) is 5.32 Å². The van der Waals surface area contributed by atoms with Gasteiger partial charge in [-0.15, -0.1) is 0 Å². The Kier molecular flexibility index (Phi) is 7.72. The lowest BCUT2D eigenvalue weighted by Gasteiger charge is -2.14. The van der Waals surface area contributed by atoms with Crippen LogP contribution < -0.4 is 10.1 Å². The Bertz CT molecular complexity index is 1230. The van der Waals surface area contributed by atoms with Crippen molar-refractivity contribution in [1.29, 1.82) is 0 Å². The van der Waals surface area contributed by atoms with Crippen molar-refractivity contribution in [2.45, 2.75) is 6.42 Å². The Morgan fingerprint density at radius 1 is 1.03 bits per heavy atom. The first-order valence-corrected chi connectivity index (χ1v) is 11.8. The predicted molar refractivity (Wildman–Crippen MR) is 137 cm³/mol. The molecule has 0 atom stereocenters. The zero-order valence-electron chi connectivity index (χ0n) is 18.1. The van der Waals surface area contributed by atoms with Crippen molar-refractivity contribution in [2.75, 3.05) is 18.5 Å². The number of rotatable bonds is 8. The molecule has 3 aromatic carbocycles. The number of hydrogen-bond donors (Lipinski definition) is 1. The second kappa shape index (κ2) is 11.1. The van der Waals surface area contributed by atoms with Crippen molar-refractivity contribution in [3.8, 4) is 5.75 Å². The molecule has 172 valence electrons. The molecule has 1 N–H and O–H groups in total. The van der Waals surface area contributed by atoms with E-state index in [1.165, 1.54) is 36.0 Å². The molecule has 8 heteroatoms. The fraction of sp³-hybridized carbons (Fsp3) is 0.115. The molecular formula is C26H21FN2O3S2. The van der Waals surface area contributed by atoms with E-state index in [9.17, 15) is 14.0 Å². The van der Waals surface area contributed by atoms with Gasteiger partial charge in [0.2, 0.25) is 0 Å². The second-order valence-electron chi connectivity index (χ2n) is 7.45. The van der Waals surface area contributed by atoms with Crippen LogP contribution in [-0.2, 0) is 16.0 Å². The van der Waals surface area contributed by atoms with Crippen LogP contribution in [0, 0.1) is 5.82 Å². The van der Waals surface area contributed by atoms with Crippen molar-refractivity contribution in [1.82, 2.24) is 4.90 Å². The summed E-state index contributed by atoms with van der Waals surface area (Å²) in [5.41, 5.74) is 2.28. The molecule has 1 heterocycles. The molecule has 3 aromatic rings. The van der Waals surface area contributed by atoms with Crippen LogP contribution in [0.3, 0.4) is 0 Å². The molecule has 1 saturated heterocycles. The number of ether oxygens (including phenoxy) is 1. The monoisotopic (exact) mass is 492 g/mol. The number of anilines is 1. The van der Waals surface area contributed by atoms with Gasteiger partial charge in [0, 0.05) is 17.8 Å². The standard InChI is InChI=1S/C26H21FN2O3S2/c27-20-10-12-21(13-11-20)28-24(30)17-32-22-9-5-4-8-19(22)16-23-25(31)29(26(33)34-23)15-14-18-6-2-1-3-7-18/h1-13,16H,14-15,17H2,(H,28,30)/b23-16-. The van der Waals surface area contributed by atoms with Gasteiger partial charge in [0.15, 0.2) is 6.61 Å². The van der Waals surface area contributed by atoms with E-state index < -0.39 is 0 Å². The molecular weight excluding hydrogens is 471 g/mol. The van der Waals surface area contributed by atoms with Crippen molar-refractivity contribution >= 4 is 51.9 Å². The molecule has 0 bridgehead atoms. The summed E-state index contributed by atoms with van der Waals surface area (Å²) in [6, 6.07) is 22.6. The number of para-hydroxylation sites is 1. The first kappa shape index (κ1) is 23.7. The summed E-state index contributed by atoms with van der Waals surface area (Å²) in [4.78, 5) is 27.3. The van der Waals surface area contributed by atoms with Gasteiger partial charge in [0.25, 0.3) is 11.8 Å². The number of amides is 2. The highest BCUT2D eigenvalue weighted by molar-refractivity contribution is 8.26. The van der Waals surface area contributed by atoms with Gasteiger partial charge in [-0.05, 0) is 48.4 Å². The van der Waals surface area contributed by atoms with Gasteiger partial charge in [0.1, 0.15) is 15.9 Å². The highest BCUT2D eigenvalue weighted by Gasteiger charge is 2.31. The van der Waals surface area contributed by atoms with Gasteiger partial charge in [0.05, 0.1) is 4.91 Å². The first-order valence-electron chi connectivity index (χ1n) is 10.6. The first-order chi connectivity index (χ1) is 16.5. The third-order valence-corrected chi connectivity index (χ3v) is 6.41. The Labute approximate surface area is 206 Å². The molecule has 1 aliphatic heterocycles. The minimum atomic E-state index is -0.381. The number of carbonyl (C=O) groups is 2. The number of thiocarbonyl (C=S) groups is 1. The summed E-state index contributed by atoms with van der Waals surface area (Å²) in [5, 5.41) is 2.65. The third kappa shape index (κ3) is 6.09. The average molecular weight is 493 g/mol. The molecule has 34 heavy (non-hydrogen) atoms. The van der Waals surface area contributed by atoms with Crippen molar-refractivity contribution < 1.29 is 18.7 Å². The lowest BCUT2D eigenvalue weighted by atomic mass is 10.1. The smallest absolute Gasteiger partial charge is 0.266 e. The number of hydrogen-bond acceptors (Lipinski definition) is 5. The molecule has 0 unspecified atom stereocenters. The number of benzene rings is 3. The van der Waals surface area contributed by atoms with Crippen LogP contribution in [0.2, 0.25) is 0 Å². The van der Waals surface area contributed by atoms with Crippen LogP contribution in [0.15, 0.2) is 83.8 Å². The molecule has 2 amide bonds. The maximum Gasteiger partial charge on any atom is 0.266 e. The van der Waals surface area contributed by atoms with Crippen LogP contribution in [0.4, 0.5) is 10.1 Å². The van der Waals surface area contributed by atoms with Crippen molar-refractivity contribution in [2.24, 2.45) is 0 Å². The lowest BCUT2D eigenvalue weighted by Crippen LogP contribution is -2.30. The topological polar surface area (TPSA) is 58.6 Å². The maximum atomic E-state index is 13.0. The molecule has 0 spiro atoms. The Hall–Kier alpha value is -3.49. The van der Waals surface area contributed by atoms with Gasteiger partial charge in [-0.1, -0.05) is 72.5 Å². The average Bonchev–Trinajstić information content (AvgIpc) is 3.11. The second-order valence-corrected chi connectivity index (χ2v) is 9.13. The van der Waals surface area contributed by atoms with Crippen LogP contribution in [-0.4, -0.2) is 34.2 Å². The van der Waals surface area contributed by atoms with Crippen LogP contribution in [0.5, 0.6) is 5.75 Å². The fourth-order valence-electron chi connectivity index (χ4n) is 3.32. The van der Waals surface area contributed by atoms with E-state index in [1.807, 2.05) is 42.5 Å². The number of halogens is 1. The maximum absolute atomic E-state index is 13.0. The zero-order valence-corrected chi connectivity index (χ0v) is 19.7. The van der Waals surface area contributed by atoms with Crippen LogP contribution in [0.1, 0.15) is 11.1 Å². The van der Waals surface area contributed by atoms with Gasteiger partial charge in [-0.25, -0.2) is 4.39 Å². The van der Waals surface area contributed by atoms with E-state index in [1.54, 1.807) is 23.1 Å². The van der Waals surface area contributed by atoms with Crippen LogP contribution in [0.25, 0.3) is 6.08 Å². The highest BCUT2D eigenvalue weighted by atomic mass is 32.2. The molecule has 0 saturated carbocycles. The summed E-state index contributed by atoms with van der Waals surface area (Å²) in [7, 11) is 0. The van der Waals surface area contributed by atoms with E-state index in [0.29, 0.717) is 39.2 Å². The molecule has 0 aliphatic carbocycles. The number of nitrogens with one attached hydrogen (secondary N) is 1. The largest absolute Gasteiger partial charge is 0.483 e. The highest BCUT2D eigenvalue weighted by Crippen LogP contribution is 2.34. The number of carbonyl (C=O) groups excluding carboxylic acids is 2. The molecule has 1 fully saturated rings. The van der Waals surface area contributed by atoms with E-state index in [0.717, 1.165) is 5.56 Å². The quantitative estimate of drug-likeness (QED) is 0.342. The van der Waals surface area contributed by atoms with Crippen molar-refractivity contribution in [3.63, 3.8) is 0 Å². The van der Waals surface area contributed by atoms with E-state index >= 15 is 0 Å².